The molecule has 0 spiro atoms. The van der Waals surface area contributed by atoms with E-state index in [0.29, 0.717) is 25.3 Å². The molecule has 24 heavy (non-hydrogen) atoms. The molecule has 0 unspecified atom stereocenters. The zero-order valence-corrected chi connectivity index (χ0v) is 14.4. The number of amides is 1. The Morgan fingerprint density at radius 1 is 1.04 bits per heavy atom. The van der Waals surface area contributed by atoms with Gasteiger partial charge in [-0.3, -0.25) is 4.79 Å². The molecular weight excluding hydrogens is 302 g/mol. The quantitative estimate of drug-likeness (QED) is 0.936. The first-order valence-electron chi connectivity index (χ1n) is 8.21. The van der Waals surface area contributed by atoms with Crippen molar-refractivity contribution in [3.8, 4) is 11.5 Å². The van der Waals surface area contributed by atoms with Gasteiger partial charge in [0.25, 0.3) is 5.91 Å². The second-order valence-electron chi connectivity index (χ2n) is 6.79. The Labute approximate surface area is 142 Å². The van der Waals surface area contributed by atoms with Crippen LogP contribution in [-0.2, 0) is 5.41 Å². The van der Waals surface area contributed by atoms with Crippen molar-refractivity contribution in [1.29, 1.82) is 0 Å². The van der Waals surface area contributed by atoms with Gasteiger partial charge in [-0.05, 0) is 36.8 Å². The zero-order valence-electron chi connectivity index (χ0n) is 14.4. The third-order valence-corrected chi connectivity index (χ3v) is 4.33. The SMILES string of the molecule is Cc1ccc(C(=O)NCC(C)(C)c2ccc3c(c2)OCCO3)cc1. The maximum Gasteiger partial charge on any atom is 0.251 e. The molecule has 1 heterocycles. The highest BCUT2D eigenvalue weighted by atomic mass is 16.6. The molecule has 126 valence electrons. The van der Waals surface area contributed by atoms with Crippen molar-refractivity contribution < 1.29 is 14.3 Å². The van der Waals surface area contributed by atoms with E-state index < -0.39 is 0 Å². The van der Waals surface area contributed by atoms with Gasteiger partial charge in [0.15, 0.2) is 11.5 Å². The average molecular weight is 325 g/mol. The van der Waals surface area contributed by atoms with E-state index in [9.17, 15) is 4.79 Å². The second kappa shape index (κ2) is 6.56. The number of ether oxygens (including phenoxy) is 2. The fourth-order valence-electron chi connectivity index (χ4n) is 2.67. The summed E-state index contributed by atoms with van der Waals surface area (Å²) in [6, 6.07) is 13.6. The predicted molar refractivity (Wildman–Crippen MR) is 94.0 cm³/mol. The van der Waals surface area contributed by atoms with Gasteiger partial charge in [0, 0.05) is 17.5 Å². The number of fused-ring (bicyclic) bond motifs is 1. The summed E-state index contributed by atoms with van der Waals surface area (Å²) in [5, 5.41) is 3.03. The number of nitrogens with one attached hydrogen (secondary N) is 1. The van der Waals surface area contributed by atoms with Gasteiger partial charge >= 0.3 is 0 Å². The van der Waals surface area contributed by atoms with E-state index in [1.54, 1.807) is 0 Å². The summed E-state index contributed by atoms with van der Waals surface area (Å²) in [4.78, 5) is 12.3. The monoisotopic (exact) mass is 325 g/mol. The molecule has 1 aliphatic rings. The Kier molecular flexibility index (Phi) is 4.47. The molecule has 1 aliphatic heterocycles. The Morgan fingerprint density at radius 2 is 1.71 bits per heavy atom. The van der Waals surface area contributed by atoms with Crippen LogP contribution in [0.1, 0.15) is 35.3 Å². The molecule has 0 saturated carbocycles. The van der Waals surface area contributed by atoms with Crippen molar-refractivity contribution in [3.05, 3.63) is 59.2 Å². The number of benzene rings is 2. The summed E-state index contributed by atoms with van der Waals surface area (Å²) < 4.78 is 11.2. The highest BCUT2D eigenvalue weighted by molar-refractivity contribution is 5.94. The van der Waals surface area contributed by atoms with Crippen LogP contribution in [0.3, 0.4) is 0 Å². The van der Waals surface area contributed by atoms with E-state index in [2.05, 4.69) is 19.2 Å². The smallest absolute Gasteiger partial charge is 0.251 e. The highest BCUT2D eigenvalue weighted by Gasteiger charge is 2.24. The minimum atomic E-state index is -0.212. The fraction of sp³-hybridized carbons (Fsp3) is 0.350. The molecule has 2 aromatic carbocycles. The molecule has 0 saturated heterocycles. The fourth-order valence-corrected chi connectivity index (χ4v) is 2.67. The van der Waals surface area contributed by atoms with Gasteiger partial charge in [-0.1, -0.05) is 37.6 Å². The molecule has 4 nitrogen and oxygen atoms in total. The molecule has 3 rings (SSSR count). The van der Waals surface area contributed by atoms with Crippen LogP contribution in [0.2, 0.25) is 0 Å². The molecule has 1 N–H and O–H groups in total. The number of carbonyl (C=O) groups excluding carboxylic acids is 1. The van der Waals surface area contributed by atoms with Crippen molar-refractivity contribution in [3.63, 3.8) is 0 Å². The van der Waals surface area contributed by atoms with Gasteiger partial charge < -0.3 is 14.8 Å². The molecule has 4 heteroatoms. The molecule has 0 bridgehead atoms. The Morgan fingerprint density at radius 3 is 2.42 bits per heavy atom. The number of hydrogen-bond donors (Lipinski definition) is 1. The first-order valence-corrected chi connectivity index (χ1v) is 8.21. The minimum Gasteiger partial charge on any atom is -0.486 e. The van der Waals surface area contributed by atoms with Crippen LogP contribution in [0.5, 0.6) is 11.5 Å². The lowest BCUT2D eigenvalue weighted by molar-refractivity contribution is 0.0945. The van der Waals surface area contributed by atoms with Crippen LogP contribution in [0.25, 0.3) is 0 Å². The number of aryl methyl sites for hydroxylation is 1. The third-order valence-electron chi connectivity index (χ3n) is 4.33. The summed E-state index contributed by atoms with van der Waals surface area (Å²) in [6.45, 7) is 7.91. The van der Waals surface area contributed by atoms with Gasteiger partial charge in [0.05, 0.1) is 0 Å². The minimum absolute atomic E-state index is 0.0550. The maximum absolute atomic E-state index is 12.3. The van der Waals surface area contributed by atoms with Crippen LogP contribution in [0, 0.1) is 6.92 Å². The van der Waals surface area contributed by atoms with Crippen molar-refractivity contribution in [2.75, 3.05) is 19.8 Å². The van der Waals surface area contributed by atoms with E-state index in [1.165, 1.54) is 0 Å². The van der Waals surface area contributed by atoms with Gasteiger partial charge in [0.1, 0.15) is 13.2 Å². The van der Waals surface area contributed by atoms with Gasteiger partial charge in [-0.15, -0.1) is 0 Å². The Hall–Kier alpha value is -2.49. The molecule has 1 amide bonds. The largest absolute Gasteiger partial charge is 0.486 e. The van der Waals surface area contributed by atoms with Gasteiger partial charge in [-0.25, -0.2) is 0 Å². The summed E-state index contributed by atoms with van der Waals surface area (Å²) in [7, 11) is 0. The lowest BCUT2D eigenvalue weighted by Crippen LogP contribution is -2.36. The van der Waals surface area contributed by atoms with Crippen LogP contribution >= 0.6 is 0 Å². The first-order chi connectivity index (χ1) is 11.5. The van der Waals surface area contributed by atoms with Crippen molar-refractivity contribution in [1.82, 2.24) is 5.32 Å². The Bertz CT molecular complexity index is 735. The van der Waals surface area contributed by atoms with E-state index in [-0.39, 0.29) is 11.3 Å². The molecular formula is C20H23NO3. The number of carbonyl (C=O) groups is 1. The lowest BCUT2D eigenvalue weighted by Gasteiger charge is -2.28. The van der Waals surface area contributed by atoms with Gasteiger partial charge in [-0.2, -0.15) is 0 Å². The van der Waals surface area contributed by atoms with E-state index >= 15 is 0 Å². The van der Waals surface area contributed by atoms with Crippen LogP contribution in [-0.4, -0.2) is 25.7 Å². The van der Waals surface area contributed by atoms with E-state index in [0.717, 1.165) is 22.6 Å². The normalized spacial score (nSPS) is 13.5. The topological polar surface area (TPSA) is 47.6 Å². The molecule has 2 aromatic rings. The number of hydrogen-bond acceptors (Lipinski definition) is 3. The van der Waals surface area contributed by atoms with E-state index in [1.807, 2.05) is 49.4 Å². The first kappa shape index (κ1) is 16.4. The van der Waals surface area contributed by atoms with E-state index in [4.69, 9.17) is 9.47 Å². The standard InChI is InChI=1S/C20H23NO3/c1-14-4-6-15(7-5-14)19(22)21-13-20(2,3)16-8-9-17-18(12-16)24-11-10-23-17/h4-9,12H,10-11,13H2,1-3H3,(H,21,22). The molecule has 0 aromatic heterocycles. The van der Waals surface area contributed by atoms with Crippen LogP contribution in [0.4, 0.5) is 0 Å². The van der Waals surface area contributed by atoms with Gasteiger partial charge in [0.2, 0.25) is 0 Å². The molecule has 0 atom stereocenters. The molecule has 0 radical (unpaired) electrons. The number of rotatable bonds is 4. The second-order valence-corrected chi connectivity index (χ2v) is 6.79. The summed E-state index contributed by atoms with van der Waals surface area (Å²) in [6.07, 6.45) is 0. The predicted octanol–water partition coefficient (Wildman–Crippen LogP) is 3.47. The lowest BCUT2D eigenvalue weighted by atomic mass is 9.84. The summed E-state index contributed by atoms with van der Waals surface area (Å²) >= 11 is 0. The van der Waals surface area contributed by atoms with Crippen molar-refractivity contribution in [2.24, 2.45) is 0 Å². The molecule has 0 aliphatic carbocycles. The Balaban J connectivity index is 1.69. The van der Waals surface area contributed by atoms with Crippen molar-refractivity contribution in [2.45, 2.75) is 26.2 Å². The average Bonchev–Trinajstić information content (AvgIpc) is 2.60. The van der Waals surface area contributed by atoms with Crippen molar-refractivity contribution >= 4 is 5.91 Å². The third kappa shape index (κ3) is 3.53. The highest BCUT2D eigenvalue weighted by Crippen LogP contribution is 2.34. The van der Waals surface area contributed by atoms with Crippen LogP contribution < -0.4 is 14.8 Å². The summed E-state index contributed by atoms with van der Waals surface area (Å²) in [5.74, 6) is 1.50. The van der Waals surface area contributed by atoms with Crippen LogP contribution in [0.15, 0.2) is 42.5 Å². The molecule has 0 fully saturated rings. The summed E-state index contributed by atoms with van der Waals surface area (Å²) in [5.41, 5.74) is 2.72. The maximum atomic E-state index is 12.3. The zero-order chi connectivity index (χ0) is 17.2.